The number of esters is 1. The van der Waals surface area contributed by atoms with Gasteiger partial charge in [-0.1, -0.05) is 18.5 Å². The molecule has 1 aromatic heterocycles. The lowest BCUT2D eigenvalue weighted by Gasteiger charge is -2.05. The first-order valence-electron chi connectivity index (χ1n) is 4.06. The molecule has 0 saturated heterocycles. The minimum Gasteiger partial charge on any atom is -0.465 e. The van der Waals surface area contributed by atoms with Gasteiger partial charge in [-0.3, -0.25) is 0 Å². The molecule has 0 aliphatic rings. The minimum absolute atomic E-state index is 0.383. The number of aromatic nitrogens is 1. The van der Waals surface area contributed by atoms with E-state index in [0.29, 0.717) is 15.7 Å². The van der Waals surface area contributed by atoms with Crippen LogP contribution in [0.3, 0.4) is 0 Å². The summed E-state index contributed by atoms with van der Waals surface area (Å²) in [6, 6.07) is 3.20. The molecule has 0 unspecified atom stereocenters. The first-order chi connectivity index (χ1) is 6.69. The predicted octanol–water partition coefficient (Wildman–Crippen LogP) is 2.63. The van der Waals surface area contributed by atoms with E-state index in [1.807, 2.05) is 6.92 Å². The monoisotopic (exact) mass is 231 g/mol. The van der Waals surface area contributed by atoms with Gasteiger partial charge in [0.2, 0.25) is 0 Å². The molecule has 0 radical (unpaired) electrons. The second-order valence-electron chi connectivity index (χ2n) is 2.41. The van der Waals surface area contributed by atoms with E-state index in [0.717, 1.165) is 5.75 Å². The lowest BCUT2D eigenvalue weighted by Crippen LogP contribution is -2.04. The van der Waals surface area contributed by atoms with Crippen LogP contribution < -0.4 is 0 Å². The SMILES string of the molecule is CCSc1nc(Cl)ccc1C(=O)OC. The predicted molar refractivity (Wildman–Crippen MR) is 57.0 cm³/mol. The van der Waals surface area contributed by atoms with Crippen molar-refractivity contribution in [2.75, 3.05) is 12.9 Å². The summed E-state index contributed by atoms with van der Waals surface area (Å²) in [7, 11) is 1.34. The topological polar surface area (TPSA) is 39.2 Å². The average molecular weight is 232 g/mol. The van der Waals surface area contributed by atoms with E-state index in [9.17, 15) is 4.79 Å². The van der Waals surface area contributed by atoms with E-state index < -0.39 is 0 Å². The van der Waals surface area contributed by atoms with Gasteiger partial charge in [0.1, 0.15) is 10.2 Å². The standard InChI is InChI=1S/C9H10ClNO2S/c1-3-14-8-6(9(12)13-2)4-5-7(10)11-8/h4-5H,3H2,1-2H3. The van der Waals surface area contributed by atoms with E-state index in [1.165, 1.54) is 18.9 Å². The van der Waals surface area contributed by atoms with Crippen molar-refractivity contribution in [3.8, 4) is 0 Å². The van der Waals surface area contributed by atoms with Crippen molar-refractivity contribution in [2.45, 2.75) is 11.9 Å². The molecule has 1 rings (SSSR count). The molecule has 3 nitrogen and oxygen atoms in total. The highest BCUT2D eigenvalue weighted by Crippen LogP contribution is 2.22. The number of rotatable bonds is 3. The van der Waals surface area contributed by atoms with Crippen LogP contribution in [0, 0.1) is 0 Å². The van der Waals surface area contributed by atoms with Gasteiger partial charge < -0.3 is 4.74 Å². The van der Waals surface area contributed by atoms with E-state index in [1.54, 1.807) is 12.1 Å². The fourth-order valence-electron chi connectivity index (χ4n) is 0.930. The van der Waals surface area contributed by atoms with Crippen molar-refractivity contribution in [1.82, 2.24) is 4.98 Å². The number of hydrogen-bond donors (Lipinski definition) is 0. The molecule has 0 fully saturated rings. The number of pyridine rings is 1. The maximum atomic E-state index is 11.3. The summed E-state index contributed by atoms with van der Waals surface area (Å²) < 4.78 is 4.63. The Morgan fingerprint density at radius 3 is 2.93 bits per heavy atom. The van der Waals surface area contributed by atoms with Crippen molar-refractivity contribution < 1.29 is 9.53 Å². The molecule has 0 bridgehead atoms. The normalized spacial score (nSPS) is 9.93. The number of thioether (sulfide) groups is 1. The van der Waals surface area contributed by atoms with Gasteiger partial charge in [0, 0.05) is 0 Å². The molecule has 0 atom stereocenters. The van der Waals surface area contributed by atoms with Crippen molar-refractivity contribution in [3.63, 3.8) is 0 Å². The van der Waals surface area contributed by atoms with Gasteiger partial charge >= 0.3 is 5.97 Å². The van der Waals surface area contributed by atoms with Gasteiger partial charge in [0.05, 0.1) is 12.7 Å². The number of ether oxygens (including phenoxy) is 1. The van der Waals surface area contributed by atoms with Crippen LogP contribution in [0.5, 0.6) is 0 Å². The van der Waals surface area contributed by atoms with E-state index in [4.69, 9.17) is 11.6 Å². The second kappa shape index (κ2) is 5.22. The molecule has 0 aliphatic heterocycles. The van der Waals surface area contributed by atoms with Crippen LogP contribution in [0.4, 0.5) is 0 Å². The third-order valence-electron chi connectivity index (χ3n) is 1.51. The van der Waals surface area contributed by atoms with Crippen LogP contribution in [0.1, 0.15) is 17.3 Å². The fourth-order valence-corrected chi connectivity index (χ4v) is 1.87. The zero-order valence-corrected chi connectivity index (χ0v) is 9.48. The van der Waals surface area contributed by atoms with Crippen molar-refractivity contribution in [2.24, 2.45) is 0 Å². The molecule has 0 aliphatic carbocycles. The Morgan fingerprint density at radius 1 is 1.64 bits per heavy atom. The summed E-state index contributed by atoms with van der Waals surface area (Å²) in [6.45, 7) is 1.98. The van der Waals surface area contributed by atoms with Crippen LogP contribution in [0.25, 0.3) is 0 Å². The second-order valence-corrected chi connectivity index (χ2v) is 4.05. The summed E-state index contributed by atoms with van der Waals surface area (Å²) in [5.41, 5.74) is 0.462. The van der Waals surface area contributed by atoms with Gasteiger partial charge in [-0.05, 0) is 17.9 Å². The smallest absolute Gasteiger partial charge is 0.340 e. The molecule has 0 amide bonds. The quantitative estimate of drug-likeness (QED) is 0.456. The summed E-state index contributed by atoms with van der Waals surface area (Å²) in [5.74, 6) is 0.447. The molecule has 0 aromatic carbocycles. The molecule has 0 spiro atoms. The number of halogens is 1. The number of carbonyl (C=O) groups is 1. The Kier molecular flexibility index (Phi) is 4.22. The van der Waals surface area contributed by atoms with Gasteiger partial charge in [0.25, 0.3) is 0 Å². The van der Waals surface area contributed by atoms with Gasteiger partial charge in [0.15, 0.2) is 0 Å². The highest BCUT2D eigenvalue weighted by Gasteiger charge is 2.13. The summed E-state index contributed by atoms with van der Waals surface area (Å²) in [6.07, 6.45) is 0. The summed E-state index contributed by atoms with van der Waals surface area (Å²) in [4.78, 5) is 15.4. The highest BCUT2D eigenvalue weighted by atomic mass is 35.5. The lowest BCUT2D eigenvalue weighted by atomic mass is 10.3. The number of carbonyl (C=O) groups excluding carboxylic acids is 1. The maximum absolute atomic E-state index is 11.3. The molecule has 0 saturated carbocycles. The molecule has 1 aromatic rings. The number of nitrogens with zero attached hydrogens (tertiary/aromatic N) is 1. The maximum Gasteiger partial charge on any atom is 0.340 e. The number of methoxy groups -OCH3 is 1. The molecule has 5 heteroatoms. The Morgan fingerprint density at radius 2 is 2.36 bits per heavy atom. The largest absolute Gasteiger partial charge is 0.465 e. The Labute approximate surface area is 91.8 Å². The number of hydrogen-bond acceptors (Lipinski definition) is 4. The zero-order chi connectivity index (χ0) is 10.6. The van der Waals surface area contributed by atoms with Crippen LogP contribution in [-0.2, 0) is 4.74 Å². The van der Waals surface area contributed by atoms with E-state index >= 15 is 0 Å². The molecule has 1 heterocycles. The van der Waals surface area contributed by atoms with Gasteiger partial charge in [-0.15, -0.1) is 11.8 Å². The summed E-state index contributed by atoms with van der Waals surface area (Å²) in [5, 5.41) is 1.00. The minimum atomic E-state index is -0.384. The van der Waals surface area contributed by atoms with Crippen molar-refractivity contribution >= 4 is 29.3 Å². The Bertz CT molecular complexity index is 344. The third kappa shape index (κ3) is 2.62. The first-order valence-corrected chi connectivity index (χ1v) is 5.43. The fraction of sp³-hybridized carbons (Fsp3) is 0.333. The summed E-state index contributed by atoms with van der Waals surface area (Å²) >= 11 is 7.19. The lowest BCUT2D eigenvalue weighted by molar-refractivity contribution is 0.0596. The molecule has 14 heavy (non-hydrogen) atoms. The van der Waals surface area contributed by atoms with Crippen LogP contribution in [-0.4, -0.2) is 23.8 Å². The zero-order valence-electron chi connectivity index (χ0n) is 7.91. The first kappa shape index (κ1) is 11.3. The van der Waals surface area contributed by atoms with Crippen LogP contribution in [0.2, 0.25) is 5.15 Å². The Balaban J connectivity index is 3.07. The van der Waals surface area contributed by atoms with Crippen molar-refractivity contribution in [3.05, 3.63) is 22.8 Å². The van der Waals surface area contributed by atoms with E-state index in [-0.39, 0.29) is 5.97 Å². The molecular formula is C9H10ClNO2S. The van der Waals surface area contributed by atoms with Gasteiger partial charge in [-0.2, -0.15) is 0 Å². The highest BCUT2D eigenvalue weighted by molar-refractivity contribution is 7.99. The molecule has 76 valence electrons. The van der Waals surface area contributed by atoms with Crippen LogP contribution >= 0.6 is 23.4 Å². The van der Waals surface area contributed by atoms with Crippen molar-refractivity contribution in [1.29, 1.82) is 0 Å². The molecular weight excluding hydrogens is 222 g/mol. The average Bonchev–Trinajstić information content (AvgIpc) is 2.17. The third-order valence-corrected chi connectivity index (χ3v) is 2.60. The molecule has 0 N–H and O–H groups in total. The Hall–Kier alpha value is -0.740. The van der Waals surface area contributed by atoms with Gasteiger partial charge in [-0.25, -0.2) is 9.78 Å². The van der Waals surface area contributed by atoms with E-state index in [2.05, 4.69) is 9.72 Å². The van der Waals surface area contributed by atoms with Crippen LogP contribution in [0.15, 0.2) is 17.2 Å².